The van der Waals surface area contributed by atoms with E-state index >= 15 is 0 Å². The molecule has 29 heavy (non-hydrogen) atoms. The van der Waals surface area contributed by atoms with Gasteiger partial charge in [0.15, 0.2) is 17.2 Å². The van der Waals surface area contributed by atoms with Gasteiger partial charge in [-0.3, -0.25) is 0 Å². The van der Waals surface area contributed by atoms with E-state index in [0.717, 1.165) is 59.6 Å². The largest absolute Gasteiger partial charge is 0.356 e. The van der Waals surface area contributed by atoms with Gasteiger partial charge in [0.1, 0.15) is 0 Å². The molecule has 0 saturated carbocycles. The Morgan fingerprint density at radius 1 is 1.10 bits per heavy atom. The molecule has 0 aliphatic carbocycles. The summed E-state index contributed by atoms with van der Waals surface area (Å²) in [4.78, 5) is 11.4. The van der Waals surface area contributed by atoms with Crippen LogP contribution in [0.2, 0.25) is 0 Å². The summed E-state index contributed by atoms with van der Waals surface area (Å²) in [5, 5.41) is 21.2. The Labute approximate surface area is 167 Å². The van der Waals surface area contributed by atoms with E-state index in [-0.39, 0.29) is 5.92 Å². The molecule has 3 aromatic heterocycles. The lowest BCUT2D eigenvalue weighted by atomic mass is 10.0. The van der Waals surface area contributed by atoms with Gasteiger partial charge in [-0.05, 0) is 30.2 Å². The van der Waals surface area contributed by atoms with E-state index in [2.05, 4.69) is 49.7 Å². The van der Waals surface area contributed by atoms with Gasteiger partial charge in [0, 0.05) is 37.8 Å². The number of anilines is 3. The summed E-state index contributed by atoms with van der Waals surface area (Å²) in [7, 11) is 0. The van der Waals surface area contributed by atoms with Crippen LogP contribution in [0.5, 0.6) is 0 Å². The number of aromatic nitrogens is 5. The summed E-state index contributed by atoms with van der Waals surface area (Å²) in [5.74, 6) is 2.18. The Morgan fingerprint density at radius 3 is 2.72 bits per heavy atom. The van der Waals surface area contributed by atoms with Crippen LogP contribution in [0.15, 0.2) is 35.0 Å². The van der Waals surface area contributed by atoms with Gasteiger partial charge in [-0.2, -0.15) is 0 Å². The van der Waals surface area contributed by atoms with Crippen molar-refractivity contribution in [1.82, 2.24) is 30.6 Å². The lowest BCUT2D eigenvalue weighted by Crippen LogP contribution is -2.43. The quantitative estimate of drug-likeness (QED) is 0.544. The van der Waals surface area contributed by atoms with Gasteiger partial charge in [-0.15, -0.1) is 10.2 Å². The van der Waals surface area contributed by atoms with E-state index in [9.17, 15) is 0 Å². The topological polar surface area (TPSA) is 105 Å². The average molecular weight is 390 g/mol. The van der Waals surface area contributed by atoms with Crippen molar-refractivity contribution in [2.75, 3.05) is 36.4 Å². The van der Waals surface area contributed by atoms with Gasteiger partial charge in [-0.1, -0.05) is 19.0 Å². The molecule has 4 aromatic rings. The molecule has 1 aliphatic rings. The van der Waals surface area contributed by atoms with Crippen LogP contribution in [0.3, 0.4) is 0 Å². The van der Waals surface area contributed by atoms with Gasteiger partial charge < -0.3 is 20.1 Å². The van der Waals surface area contributed by atoms with Crippen molar-refractivity contribution in [3.05, 3.63) is 36.2 Å². The van der Waals surface area contributed by atoms with Crippen molar-refractivity contribution < 1.29 is 4.52 Å². The first-order valence-electron chi connectivity index (χ1n) is 9.80. The molecule has 9 nitrogen and oxygen atoms in total. The van der Waals surface area contributed by atoms with E-state index in [1.54, 1.807) is 6.20 Å². The predicted octanol–water partition coefficient (Wildman–Crippen LogP) is 2.84. The summed E-state index contributed by atoms with van der Waals surface area (Å²) in [6.07, 6.45) is 1.80. The first kappa shape index (κ1) is 17.7. The number of piperazine rings is 1. The predicted molar refractivity (Wildman–Crippen MR) is 112 cm³/mol. The lowest BCUT2D eigenvalue weighted by molar-refractivity contribution is 0.441. The molecule has 1 saturated heterocycles. The third-order valence-electron chi connectivity index (χ3n) is 5.09. The number of nitrogens with zero attached hydrogens (tertiary/aromatic N) is 6. The number of rotatable bonds is 4. The Morgan fingerprint density at radius 2 is 1.97 bits per heavy atom. The zero-order chi connectivity index (χ0) is 19.8. The smallest absolute Gasteiger partial charge is 0.228 e. The Hall–Kier alpha value is -3.33. The Balaban J connectivity index is 1.46. The third-order valence-corrected chi connectivity index (χ3v) is 5.09. The second-order valence-corrected chi connectivity index (χ2v) is 7.43. The molecule has 0 bridgehead atoms. The zero-order valence-corrected chi connectivity index (χ0v) is 16.4. The molecule has 1 aromatic carbocycles. The fraction of sp³-hybridized carbons (Fsp3) is 0.350. The number of hydrogen-bond acceptors (Lipinski definition) is 9. The molecule has 0 atom stereocenters. The molecule has 1 fully saturated rings. The van der Waals surface area contributed by atoms with E-state index in [1.807, 2.05) is 24.3 Å². The summed E-state index contributed by atoms with van der Waals surface area (Å²) in [6.45, 7) is 7.97. The first-order valence-corrected chi connectivity index (χ1v) is 9.80. The molecule has 2 N–H and O–H groups in total. The van der Waals surface area contributed by atoms with Gasteiger partial charge in [0.25, 0.3) is 0 Å². The van der Waals surface area contributed by atoms with Crippen molar-refractivity contribution in [2.24, 2.45) is 0 Å². The minimum absolute atomic E-state index is 0.233. The van der Waals surface area contributed by atoms with E-state index < -0.39 is 0 Å². The van der Waals surface area contributed by atoms with E-state index in [1.165, 1.54) is 0 Å². The highest BCUT2D eigenvalue weighted by molar-refractivity contribution is 6.04. The fourth-order valence-corrected chi connectivity index (χ4v) is 3.57. The Kier molecular flexibility index (Phi) is 4.44. The normalized spacial score (nSPS) is 14.8. The monoisotopic (exact) mass is 390 g/mol. The molecule has 1 aliphatic heterocycles. The SMILES string of the molecule is CC(C)c1noc2ccc3cnc(Nc4ccc(N5CCNCC5)nn4)nc3c12. The molecular weight excluding hydrogens is 368 g/mol. The summed E-state index contributed by atoms with van der Waals surface area (Å²) in [6, 6.07) is 7.72. The highest BCUT2D eigenvalue weighted by Crippen LogP contribution is 2.31. The standard InChI is InChI=1S/C20H22N8O/c1-12(2)18-17-14(29-27-18)4-3-13-11-22-20(24-19(13)17)23-15-5-6-16(26-25-15)28-9-7-21-8-10-28/h3-6,11-12,21H,7-10H2,1-2H3,(H,22,23,24,25). The van der Waals surface area contributed by atoms with Crippen LogP contribution < -0.4 is 15.5 Å². The van der Waals surface area contributed by atoms with Crippen LogP contribution in [0, 0.1) is 0 Å². The number of hydrogen-bond donors (Lipinski definition) is 2. The second kappa shape index (κ2) is 7.25. The maximum atomic E-state index is 5.49. The molecular formula is C20H22N8O. The maximum Gasteiger partial charge on any atom is 0.228 e. The number of fused-ring (bicyclic) bond motifs is 3. The molecule has 148 valence electrons. The van der Waals surface area contributed by atoms with Crippen molar-refractivity contribution in [3.8, 4) is 0 Å². The molecule has 9 heteroatoms. The number of nitrogens with one attached hydrogen (secondary N) is 2. The molecule has 0 radical (unpaired) electrons. The van der Waals surface area contributed by atoms with Gasteiger partial charge in [0.05, 0.1) is 16.6 Å². The average Bonchev–Trinajstić information content (AvgIpc) is 3.20. The first-order chi connectivity index (χ1) is 14.2. The Bertz CT molecular complexity index is 1150. The van der Waals surface area contributed by atoms with Crippen molar-refractivity contribution >= 4 is 39.5 Å². The summed E-state index contributed by atoms with van der Waals surface area (Å²) in [5.41, 5.74) is 2.44. The summed E-state index contributed by atoms with van der Waals surface area (Å²) >= 11 is 0. The minimum atomic E-state index is 0.233. The van der Waals surface area contributed by atoms with Crippen LogP contribution in [-0.2, 0) is 0 Å². The third kappa shape index (κ3) is 3.33. The minimum Gasteiger partial charge on any atom is -0.356 e. The lowest BCUT2D eigenvalue weighted by Gasteiger charge is -2.27. The van der Waals surface area contributed by atoms with Gasteiger partial charge in [0.2, 0.25) is 5.95 Å². The molecule has 5 rings (SSSR count). The maximum absolute atomic E-state index is 5.49. The zero-order valence-electron chi connectivity index (χ0n) is 16.4. The fourth-order valence-electron chi connectivity index (χ4n) is 3.57. The van der Waals surface area contributed by atoms with Crippen LogP contribution in [-0.4, -0.2) is 51.5 Å². The molecule has 0 unspecified atom stereocenters. The van der Waals surface area contributed by atoms with Crippen LogP contribution in [0.1, 0.15) is 25.5 Å². The van der Waals surface area contributed by atoms with Crippen molar-refractivity contribution in [2.45, 2.75) is 19.8 Å². The van der Waals surface area contributed by atoms with Crippen LogP contribution in [0.4, 0.5) is 17.6 Å². The van der Waals surface area contributed by atoms with Crippen molar-refractivity contribution in [3.63, 3.8) is 0 Å². The highest BCUT2D eigenvalue weighted by Gasteiger charge is 2.17. The van der Waals surface area contributed by atoms with Gasteiger partial charge >= 0.3 is 0 Å². The second-order valence-electron chi connectivity index (χ2n) is 7.43. The van der Waals surface area contributed by atoms with Crippen LogP contribution in [0.25, 0.3) is 21.9 Å². The van der Waals surface area contributed by atoms with Gasteiger partial charge in [-0.25, -0.2) is 9.97 Å². The molecule has 4 heterocycles. The van der Waals surface area contributed by atoms with E-state index in [0.29, 0.717) is 11.8 Å². The highest BCUT2D eigenvalue weighted by atomic mass is 16.5. The van der Waals surface area contributed by atoms with Crippen LogP contribution >= 0.6 is 0 Å². The van der Waals surface area contributed by atoms with Crippen molar-refractivity contribution in [1.29, 1.82) is 0 Å². The molecule has 0 amide bonds. The summed E-state index contributed by atoms with van der Waals surface area (Å²) < 4.78 is 5.49. The van der Waals surface area contributed by atoms with E-state index in [4.69, 9.17) is 9.51 Å². The number of benzene rings is 1. The molecule has 0 spiro atoms.